The minimum Gasteiger partial charge on any atom is -0.397 e. The number of carbonyl (C=O) groups is 1. The van der Waals surface area contributed by atoms with Crippen LogP contribution in [-0.2, 0) is 9.53 Å². The van der Waals surface area contributed by atoms with Gasteiger partial charge in [0.1, 0.15) is 6.10 Å². The smallest absolute Gasteiger partial charge is 0.253 e. The van der Waals surface area contributed by atoms with Crippen molar-refractivity contribution in [3.8, 4) is 0 Å². The number of nitrogen functional groups attached to an aromatic ring is 1. The van der Waals surface area contributed by atoms with Crippen LogP contribution in [-0.4, -0.2) is 18.1 Å². The van der Waals surface area contributed by atoms with E-state index in [0.717, 1.165) is 12.8 Å². The fraction of sp³-hybridized carbons (Fsp3) is 0.562. The number of nitrogens with one attached hydrogen (secondary N) is 1. The zero-order valence-electron chi connectivity index (χ0n) is 12.1. The Balaban J connectivity index is 1.87. The molecule has 1 saturated carbocycles. The van der Waals surface area contributed by atoms with E-state index in [1.54, 1.807) is 19.1 Å². The van der Waals surface area contributed by atoms with Gasteiger partial charge in [-0.15, -0.1) is 0 Å². The first kappa shape index (κ1) is 14.9. The molecule has 1 amide bonds. The normalized spacial score (nSPS) is 18.2. The number of ether oxygens (including phenoxy) is 1. The van der Waals surface area contributed by atoms with E-state index in [0.29, 0.717) is 11.4 Å². The Labute approximate surface area is 120 Å². The predicted molar refractivity (Wildman–Crippen MR) is 81.5 cm³/mol. The molecule has 4 nitrogen and oxygen atoms in total. The standard InChI is InChI=1S/C16H24N2O2/c1-12(20-13-8-4-2-3-5-9-13)16(19)18-15-11-7-6-10-14(15)17/h6-7,10-13H,2-5,8-9,17H2,1H3,(H,18,19). The second kappa shape index (κ2) is 7.29. The topological polar surface area (TPSA) is 64.3 Å². The Kier molecular flexibility index (Phi) is 5.41. The summed E-state index contributed by atoms with van der Waals surface area (Å²) in [6.45, 7) is 1.80. The van der Waals surface area contributed by atoms with Crippen molar-refractivity contribution in [1.82, 2.24) is 0 Å². The molecule has 2 rings (SSSR count). The molecule has 0 aliphatic heterocycles. The van der Waals surface area contributed by atoms with Crippen molar-refractivity contribution >= 4 is 17.3 Å². The lowest BCUT2D eigenvalue weighted by Gasteiger charge is -2.21. The molecule has 0 radical (unpaired) electrons. The van der Waals surface area contributed by atoms with Gasteiger partial charge in [0.15, 0.2) is 0 Å². The third-order valence-corrected chi connectivity index (χ3v) is 3.79. The number of rotatable bonds is 4. The van der Waals surface area contributed by atoms with Gasteiger partial charge in [0.25, 0.3) is 5.91 Å². The highest BCUT2D eigenvalue weighted by molar-refractivity contribution is 5.96. The van der Waals surface area contributed by atoms with Crippen molar-refractivity contribution in [3.05, 3.63) is 24.3 Å². The Hall–Kier alpha value is -1.55. The molecule has 3 N–H and O–H groups in total. The van der Waals surface area contributed by atoms with E-state index >= 15 is 0 Å². The van der Waals surface area contributed by atoms with Gasteiger partial charge in [-0.3, -0.25) is 4.79 Å². The largest absolute Gasteiger partial charge is 0.397 e. The zero-order chi connectivity index (χ0) is 14.4. The third-order valence-electron chi connectivity index (χ3n) is 3.79. The van der Waals surface area contributed by atoms with Crippen LogP contribution in [0.3, 0.4) is 0 Å². The number of carbonyl (C=O) groups excluding carboxylic acids is 1. The van der Waals surface area contributed by atoms with Crippen LogP contribution in [0.4, 0.5) is 11.4 Å². The number of hydrogen-bond donors (Lipinski definition) is 2. The molecule has 1 aromatic carbocycles. The Morgan fingerprint density at radius 2 is 1.90 bits per heavy atom. The Bertz CT molecular complexity index is 440. The summed E-state index contributed by atoms with van der Waals surface area (Å²) in [5.74, 6) is -0.132. The quantitative estimate of drug-likeness (QED) is 0.655. The second-order valence-corrected chi connectivity index (χ2v) is 5.47. The van der Waals surface area contributed by atoms with E-state index in [-0.39, 0.29) is 12.0 Å². The average Bonchev–Trinajstić information content (AvgIpc) is 2.70. The van der Waals surface area contributed by atoms with E-state index in [2.05, 4.69) is 5.32 Å². The van der Waals surface area contributed by atoms with Crippen LogP contribution in [0.1, 0.15) is 45.4 Å². The molecule has 1 aromatic rings. The lowest BCUT2D eigenvalue weighted by Crippen LogP contribution is -2.31. The highest BCUT2D eigenvalue weighted by Crippen LogP contribution is 2.22. The summed E-state index contributed by atoms with van der Waals surface area (Å²) in [5.41, 5.74) is 7.04. The van der Waals surface area contributed by atoms with Crippen molar-refractivity contribution in [1.29, 1.82) is 0 Å². The van der Waals surface area contributed by atoms with Crippen LogP contribution in [0.5, 0.6) is 0 Å². The summed E-state index contributed by atoms with van der Waals surface area (Å²) in [7, 11) is 0. The van der Waals surface area contributed by atoms with Gasteiger partial charge in [-0.05, 0) is 31.9 Å². The van der Waals surface area contributed by atoms with Gasteiger partial charge < -0.3 is 15.8 Å². The molecule has 0 spiro atoms. The summed E-state index contributed by atoms with van der Waals surface area (Å²) in [4.78, 5) is 12.1. The van der Waals surface area contributed by atoms with Gasteiger partial charge in [0.2, 0.25) is 0 Å². The summed E-state index contributed by atoms with van der Waals surface area (Å²) in [5, 5.41) is 2.83. The fourth-order valence-corrected chi connectivity index (χ4v) is 2.57. The summed E-state index contributed by atoms with van der Waals surface area (Å²) in [6.07, 6.45) is 6.84. The first-order valence-corrected chi connectivity index (χ1v) is 7.47. The third kappa shape index (κ3) is 4.23. The molecule has 1 aliphatic carbocycles. The average molecular weight is 276 g/mol. The van der Waals surface area contributed by atoms with E-state index in [1.807, 2.05) is 12.1 Å². The van der Waals surface area contributed by atoms with Crippen molar-refractivity contribution < 1.29 is 9.53 Å². The van der Waals surface area contributed by atoms with Gasteiger partial charge >= 0.3 is 0 Å². The Morgan fingerprint density at radius 1 is 1.25 bits per heavy atom. The lowest BCUT2D eigenvalue weighted by molar-refractivity contribution is -0.130. The molecular weight excluding hydrogens is 252 g/mol. The fourth-order valence-electron chi connectivity index (χ4n) is 2.57. The predicted octanol–water partition coefficient (Wildman–Crippen LogP) is 3.34. The number of amides is 1. The molecule has 1 atom stereocenters. The van der Waals surface area contributed by atoms with Gasteiger partial charge in [0.05, 0.1) is 17.5 Å². The van der Waals surface area contributed by atoms with E-state index in [9.17, 15) is 4.79 Å². The first-order chi connectivity index (χ1) is 9.66. The van der Waals surface area contributed by atoms with Crippen LogP contribution in [0.2, 0.25) is 0 Å². The highest BCUT2D eigenvalue weighted by atomic mass is 16.5. The highest BCUT2D eigenvalue weighted by Gasteiger charge is 2.20. The number of hydrogen-bond acceptors (Lipinski definition) is 3. The van der Waals surface area contributed by atoms with E-state index < -0.39 is 6.10 Å². The summed E-state index contributed by atoms with van der Waals surface area (Å²) >= 11 is 0. The minimum atomic E-state index is -0.447. The van der Waals surface area contributed by atoms with Crippen LogP contribution in [0, 0.1) is 0 Å². The molecule has 20 heavy (non-hydrogen) atoms. The molecule has 0 bridgehead atoms. The summed E-state index contributed by atoms with van der Waals surface area (Å²) < 4.78 is 5.89. The molecule has 0 aromatic heterocycles. The minimum absolute atomic E-state index is 0.132. The number of para-hydroxylation sites is 2. The van der Waals surface area contributed by atoms with Crippen molar-refractivity contribution in [2.45, 2.75) is 57.7 Å². The molecular formula is C16H24N2O2. The molecule has 4 heteroatoms. The molecule has 110 valence electrons. The lowest BCUT2D eigenvalue weighted by atomic mass is 10.1. The number of benzene rings is 1. The molecule has 1 unspecified atom stereocenters. The maximum Gasteiger partial charge on any atom is 0.253 e. The second-order valence-electron chi connectivity index (χ2n) is 5.47. The monoisotopic (exact) mass is 276 g/mol. The maximum atomic E-state index is 12.1. The van der Waals surface area contributed by atoms with Gasteiger partial charge in [-0.1, -0.05) is 37.8 Å². The van der Waals surface area contributed by atoms with Gasteiger partial charge in [-0.25, -0.2) is 0 Å². The summed E-state index contributed by atoms with van der Waals surface area (Å²) in [6, 6.07) is 7.26. The molecule has 1 fully saturated rings. The Morgan fingerprint density at radius 3 is 2.55 bits per heavy atom. The van der Waals surface area contributed by atoms with Crippen molar-refractivity contribution in [2.24, 2.45) is 0 Å². The van der Waals surface area contributed by atoms with E-state index in [4.69, 9.17) is 10.5 Å². The SMILES string of the molecule is CC(OC1CCCCCC1)C(=O)Nc1ccccc1N. The molecule has 0 heterocycles. The van der Waals surface area contributed by atoms with Gasteiger partial charge in [0, 0.05) is 0 Å². The van der Waals surface area contributed by atoms with Crippen LogP contribution < -0.4 is 11.1 Å². The molecule has 0 saturated heterocycles. The van der Waals surface area contributed by atoms with Crippen LogP contribution in [0.25, 0.3) is 0 Å². The first-order valence-electron chi connectivity index (χ1n) is 7.47. The van der Waals surface area contributed by atoms with Crippen molar-refractivity contribution in [3.63, 3.8) is 0 Å². The number of nitrogens with two attached hydrogens (primary N) is 1. The van der Waals surface area contributed by atoms with Crippen molar-refractivity contribution in [2.75, 3.05) is 11.1 Å². The maximum absolute atomic E-state index is 12.1. The zero-order valence-corrected chi connectivity index (χ0v) is 12.1. The van der Waals surface area contributed by atoms with Crippen LogP contribution >= 0.6 is 0 Å². The number of anilines is 2. The van der Waals surface area contributed by atoms with Crippen LogP contribution in [0.15, 0.2) is 24.3 Å². The van der Waals surface area contributed by atoms with Gasteiger partial charge in [-0.2, -0.15) is 0 Å². The van der Waals surface area contributed by atoms with E-state index in [1.165, 1.54) is 25.7 Å². The molecule has 1 aliphatic rings.